The van der Waals surface area contributed by atoms with Crippen LogP contribution in [0.2, 0.25) is 0 Å². The highest BCUT2D eigenvalue weighted by Gasteiger charge is 2.65. The lowest BCUT2D eigenvalue weighted by molar-refractivity contribution is -0.204. The summed E-state index contributed by atoms with van der Waals surface area (Å²) in [4.78, 5) is 26.4. The van der Waals surface area contributed by atoms with Crippen LogP contribution in [0.15, 0.2) is 35.9 Å². The highest BCUT2D eigenvalue weighted by atomic mass is 16.7. The maximum absolute atomic E-state index is 13.2. The summed E-state index contributed by atoms with van der Waals surface area (Å²) < 4.78 is 22.5. The second kappa shape index (κ2) is 10.4. The fourth-order valence-corrected chi connectivity index (χ4v) is 3.45. The van der Waals surface area contributed by atoms with Crippen molar-refractivity contribution >= 4 is 18.0 Å². The summed E-state index contributed by atoms with van der Waals surface area (Å²) >= 11 is 0. The SMILES string of the molecule is CCCC1OC(OCC)C(C(=O)OCC)(C(=O)OCC)/C1=C/c1ccccc1. The Balaban J connectivity index is 2.70. The van der Waals surface area contributed by atoms with Gasteiger partial charge in [-0.1, -0.05) is 49.8 Å². The Morgan fingerprint density at radius 1 is 1.00 bits per heavy atom. The molecule has 1 fully saturated rings. The van der Waals surface area contributed by atoms with Crippen molar-refractivity contribution < 1.29 is 28.5 Å². The summed E-state index contributed by atoms with van der Waals surface area (Å²) in [6, 6.07) is 9.51. The Morgan fingerprint density at radius 3 is 2.11 bits per heavy atom. The fourth-order valence-electron chi connectivity index (χ4n) is 3.45. The van der Waals surface area contributed by atoms with Gasteiger partial charge in [0.25, 0.3) is 0 Å². The lowest BCUT2D eigenvalue weighted by Gasteiger charge is -2.30. The summed E-state index contributed by atoms with van der Waals surface area (Å²) in [7, 11) is 0. The largest absolute Gasteiger partial charge is 0.465 e. The molecule has 0 aliphatic carbocycles. The number of hydrogen-bond donors (Lipinski definition) is 0. The molecule has 6 heteroatoms. The first-order chi connectivity index (χ1) is 13.6. The van der Waals surface area contributed by atoms with E-state index in [0.717, 1.165) is 12.0 Å². The molecule has 0 N–H and O–H groups in total. The minimum absolute atomic E-state index is 0.135. The standard InChI is InChI=1S/C22H30O6/c1-5-12-18-17(15-16-13-10-9-11-14-16)22(19(23)25-6-2,20(24)26-7-3)21(28-18)27-8-4/h9-11,13-15,18,21H,5-8,12H2,1-4H3/b17-15+. The lowest BCUT2D eigenvalue weighted by atomic mass is 9.77. The molecule has 2 unspecified atom stereocenters. The van der Waals surface area contributed by atoms with E-state index in [1.165, 1.54) is 0 Å². The van der Waals surface area contributed by atoms with Crippen LogP contribution < -0.4 is 0 Å². The van der Waals surface area contributed by atoms with Gasteiger partial charge in [0.1, 0.15) is 0 Å². The highest BCUT2D eigenvalue weighted by molar-refractivity contribution is 6.06. The van der Waals surface area contributed by atoms with Crippen LogP contribution in [0.5, 0.6) is 0 Å². The van der Waals surface area contributed by atoms with Crippen LogP contribution in [0.1, 0.15) is 46.1 Å². The minimum Gasteiger partial charge on any atom is -0.465 e. The van der Waals surface area contributed by atoms with Crippen LogP contribution in [-0.4, -0.2) is 44.2 Å². The first-order valence-electron chi connectivity index (χ1n) is 9.94. The smallest absolute Gasteiger partial charge is 0.333 e. The van der Waals surface area contributed by atoms with Crippen molar-refractivity contribution in [2.75, 3.05) is 19.8 Å². The van der Waals surface area contributed by atoms with Crippen molar-refractivity contribution in [1.82, 2.24) is 0 Å². The predicted octanol–water partition coefficient (Wildman–Crippen LogP) is 3.74. The molecule has 1 aliphatic rings. The summed E-state index contributed by atoms with van der Waals surface area (Å²) in [5, 5.41) is 0. The van der Waals surface area contributed by atoms with Crippen LogP contribution >= 0.6 is 0 Å². The van der Waals surface area contributed by atoms with Crippen molar-refractivity contribution in [3.63, 3.8) is 0 Å². The maximum Gasteiger partial charge on any atom is 0.333 e. The predicted molar refractivity (Wildman–Crippen MR) is 105 cm³/mol. The third-order valence-electron chi connectivity index (χ3n) is 4.63. The van der Waals surface area contributed by atoms with Crippen molar-refractivity contribution in [3.05, 3.63) is 41.5 Å². The zero-order valence-corrected chi connectivity index (χ0v) is 17.1. The van der Waals surface area contributed by atoms with E-state index in [1.54, 1.807) is 20.8 Å². The van der Waals surface area contributed by atoms with Gasteiger partial charge in [-0.2, -0.15) is 0 Å². The molecule has 1 heterocycles. The number of esters is 2. The molecule has 0 saturated carbocycles. The second-order valence-corrected chi connectivity index (χ2v) is 6.46. The van der Waals surface area contributed by atoms with Crippen molar-refractivity contribution in [2.24, 2.45) is 5.41 Å². The Kier molecular flexibility index (Phi) is 8.20. The molecule has 0 bridgehead atoms. The Labute approximate surface area is 166 Å². The molecular weight excluding hydrogens is 360 g/mol. The van der Waals surface area contributed by atoms with Crippen LogP contribution in [0.4, 0.5) is 0 Å². The average Bonchev–Trinajstić information content (AvgIpc) is 2.97. The van der Waals surface area contributed by atoms with Gasteiger partial charge in [0, 0.05) is 6.61 Å². The molecule has 0 radical (unpaired) electrons. The molecular formula is C22H30O6. The van der Waals surface area contributed by atoms with E-state index in [1.807, 2.05) is 43.3 Å². The van der Waals surface area contributed by atoms with E-state index in [2.05, 4.69) is 0 Å². The molecule has 0 aromatic heterocycles. The van der Waals surface area contributed by atoms with E-state index in [0.29, 0.717) is 12.0 Å². The summed E-state index contributed by atoms with van der Waals surface area (Å²) in [5.41, 5.74) is -0.397. The molecule has 1 saturated heterocycles. The molecule has 0 amide bonds. The highest BCUT2D eigenvalue weighted by Crippen LogP contribution is 2.48. The number of carbonyl (C=O) groups is 2. The van der Waals surface area contributed by atoms with Gasteiger partial charge in [0.2, 0.25) is 5.41 Å². The van der Waals surface area contributed by atoms with Gasteiger partial charge in [-0.05, 0) is 38.3 Å². The first kappa shape index (κ1) is 22.1. The van der Waals surface area contributed by atoms with E-state index in [9.17, 15) is 9.59 Å². The fraction of sp³-hybridized carbons (Fsp3) is 0.545. The van der Waals surface area contributed by atoms with Crippen LogP contribution in [0.25, 0.3) is 6.08 Å². The van der Waals surface area contributed by atoms with Gasteiger partial charge in [-0.3, -0.25) is 9.59 Å². The number of rotatable bonds is 9. The summed E-state index contributed by atoms with van der Waals surface area (Å²) in [6.45, 7) is 7.76. The van der Waals surface area contributed by atoms with Gasteiger partial charge < -0.3 is 18.9 Å². The molecule has 0 spiro atoms. The molecule has 154 valence electrons. The Hall–Kier alpha value is -2.18. The van der Waals surface area contributed by atoms with E-state index >= 15 is 0 Å². The maximum atomic E-state index is 13.2. The third-order valence-corrected chi connectivity index (χ3v) is 4.63. The molecule has 2 rings (SSSR count). The third kappa shape index (κ3) is 4.28. The van der Waals surface area contributed by atoms with Gasteiger partial charge in [0.05, 0.1) is 19.3 Å². The topological polar surface area (TPSA) is 71.1 Å². The van der Waals surface area contributed by atoms with Crippen molar-refractivity contribution in [2.45, 2.75) is 52.9 Å². The molecule has 28 heavy (non-hydrogen) atoms. The second-order valence-electron chi connectivity index (χ2n) is 6.46. The van der Waals surface area contributed by atoms with Gasteiger partial charge in [-0.25, -0.2) is 0 Å². The van der Waals surface area contributed by atoms with Crippen LogP contribution in [0.3, 0.4) is 0 Å². The van der Waals surface area contributed by atoms with Crippen molar-refractivity contribution in [3.8, 4) is 0 Å². The average molecular weight is 390 g/mol. The number of ether oxygens (including phenoxy) is 4. The van der Waals surface area contributed by atoms with E-state index < -0.39 is 29.7 Å². The normalized spacial score (nSPS) is 22.2. The van der Waals surface area contributed by atoms with Crippen molar-refractivity contribution in [1.29, 1.82) is 0 Å². The van der Waals surface area contributed by atoms with Crippen LogP contribution in [0, 0.1) is 5.41 Å². The number of hydrogen-bond acceptors (Lipinski definition) is 6. The van der Waals surface area contributed by atoms with Gasteiger partial charge in [0.15, 0.2) is 6.29 Å². The number of benzene rings is 1. The Bertz CT molecular complexity index is 664. The molecule has 1 aromatic carbocycles. The monoisotopic (exact) mass is 390 g/mol. The van der Waals surface area contributed by atoms with Gasteiger partial charge >= 0.3 is 11.9 Å². The summed E-state index contributed by atoms with van der Waals surface area (Å²) in [6.07, 6.45) is 1.74. The van der Waals surface area contributed by atoms with Crippen LogP contribution in [-0.2, 0) is 28.5 Å². The lowest BCUT2D eigenvalue weighted by Crippen LogP contribution is -2.50. The Morgan fingerprint density at radius 2 is 1.61 bits per heavy atom. The minimum atomic E-state index is -1.78. The zero-order chi connectivity index (χ0) is 20.6. The molecule has 2 atom stereocenters. The van der Waals surface area contributed by atoms with E-state index in [-0.39, 0.29) is 19.8 Å². The van der Waals surface area contributed by atoms with Gasteiger partial charge in [-0.15, -0.1) is 0 Å². The number of carbonyl (C=O) groups excluding carboxylic acids is 2. The first-order valence-corrected chi connectivity index (χ1v) is 9.94. The molecule has 1 aromatic rings. The molecule has 1 aliphatic heterocycles. The quantitative estimate of drug-likeness (QED) is 0.472. The summed E-state index contributed by atoms with van der Waals surface area (Å²) in [5.74, 6) is -1.40. The zero-order valence-electron chi connectivity index (χ0n) is 17.1. The molecule has 6 nitrogen and oxygen atoms in total. The van der Waals surface area contributed by atoms with E-state index in [4.69, 9.17) is 18.9 Å².